The van der Waals surface area contributed by atoms with Gasteiger partial charge in [-0.2, -0.15) is 0 Å². The molecule has 4 heteroatoms. The first-order valence-electron chi connectivity index (χ1n) is 11.6. The molecule has 27 heavy (non-hydrogen) atoms. The highest BCUT2D eigenvalue weighted by Crippen LogP contribution is 2.39. The number of carbonyl (C=O) groups excluding carboxylic acids is 1. The number of guanidine groups is 1. The van der Waals surface area contributed by atoms with Gasteiger partial charge in [0, 0.05) is 6.04 Å². The van der Waals surface area contributed by atoms with Gasteiger partial charge in [-0.1, -0.05) is 78.1 Å². The fourth-order valence-corrected chi connectivity index (χ4v) is 5.58. The highest BCUT2D eigenvalue weighted by molar-refractivity contribution is 6.08. The summed E-state index contributed by atoms with van der Waals surface area (Å²) in [6.45, 7) is 6.39. The molecule has 3 aliphatic rings. The van der Waals surface area contributed by atoms with Crippen LogP contribution in [-0.4, -0.2) is 28.3 Å². The number of carbonyl (C=O) groups is 1. The van der Waals surface area contributed by atoms with Crippen LogP contribution in [0.5, 0.6) is 0 Å². The maximum atomic E-state index is 13.7. The SMILES string of the molecule is CC(C)C(C)N1C(=N)N[C@](CCC2CCCCC2)(CC2CCCCC2)C1=O. The average molecular weight is 376 g/mol. The molecule has 0 aromatic rings. The lowest BCUT2D eigenvalue weighted by Crippen LogP contribution is -2.50. The van der Waals surface area contributed by atoms with Crippen molar-refractivity contribution in [3.05, 3.63) is 0 Å². The van der Waals surface area contributed by atoms with Gasteiger partial charge in [0.05, 0.1) is 0 Å². The van der Waals surface area contributed by atoms with Gasteiger partial charge in [0.2, 0.25) is 0 Å². The molecule has 0 aromatic carbocycles. The number of nitrogens with one attached hydrogen (secondary N) is 2. The first-order chi connectivity index (χ1) is 12.9. The van der Waals surface area contributed by atoms with E-state index in [4.69, 9.17) is 5.41 Å². The smallest absolute Gasteiger partial charge is 0.255 e. The van der Waals surface area contributed by atoms with Crippen LogP contribution in [0, 0.1) is 23.2 Å². The molecule has 3 fully saturated rings. The molecule has 0 spiro atoms. The fraction of sp³-hybridized carbons (Fsp3) is 0.913. The number of rotatable bonds is 7. The van der Waals surface area contributed by atoms with Crippen LogP contribution in [-0.2, 0) is 4.79 Å². The van der Waals surface area contributed by atoms with E-state index in [1.165, 1.54) is 64.2 Å². The fourth-order valence-electron chi connectivity index (χ4n) is 5.58. The normalized spacial score (nSPS) is 29.4. The third kappa shape index (κ3) is 4.68. The van der Waals surface area contributed by atoms with Crippen LogP contribution in [0.15, 0.2) is 0 Å². The maximum absolute atomic E-state index is 13.7. The van der Waals surface area contributed by atoms with E-state index < -0.39 is 5.54 Å². The molecule has 1 aliphatic heterocycles. The molecule has 1 amide bonds. The van der Waals surface area contributed by atoms with Gasteiger partial charge < -0.3 is 5.32 Å². The zero-order valence-corrected chi connectivity index (χ0v) is 17.9. The molecular formula is C23H41N3O. The van der Waals surface area contributed by atoms with Crippen LogP contribution in [0.25, 0.3) is 0 Å². The van der Waals surface area contributed by atoms with E-state index in [0.717, 1.165) is 25.2 Å². The molecule has 1 saturated heterocycles. The lowest BCUT2D eigenvalue weighted by molar-refractivity contribution is -0.134. The van der Waals surface area contributed by atoms with E-state index in [-0.39, 0.29) is 11.9 Å². The summed E-state index contributed by atoms with van der Waals surface area (Å²) in [7, 11) is 0. The second-order valence-corrected chi connectivity index (χ2v) is 9.97. The predicted molar refractivity (Wildman–Crippen MR) is 112 cm³/mol. The van der Waals surface area contributed by atoms with E-state index in [2.05, 4.69) is 26.1 Å². The Bertz CT molecular complexity index is 520. The Hall–Kier alpha value is -1.06. The Kier molecular flexibility index (Phi) is 6.86. The van der Waals surface area contributed by atoms with Gasteiger partial charge in [-0.3, -0.25) is 15.1 Å². The molecular weight excluding hydrogens is 334 g/mol. The first kappa shape index (κ1) is 20.7. The van der Waals surface area contributed by atoms with E-state index >= 15 is 0 Å². The third-order valence-corrected chi connectivity index (χ3v) is 7.66. The van der Waals surface area contributed by atoms with E-state index in [1.807, 2.05) is 0 Å². The van der Waals surface area contributed by atoms with Crippen LogP contribution in [0.1, 0.15) is 104 Å². The standard InChI is InChI=1S/C23H41N3O/c1-17(2)18(3)26-21(27)23(25-22(26)24,16-20-12-8-5-9-13-20)15-14-19-10-6-4-7-11-19/h17-20H,4-16H2,1-3H3,(H2,24,25)/t18?,23-/m1/s1. The molecule has 0 bridgehead atoms. The largest absolute Gasteiger partial charge is 0.342 e. The summed E-state index contributed by atoms with van der Waals surface area (Å²) in [6, 6.07) is 0.0837. The first-order valence-corrected chi connectivity index (χ1v) is 11.6. The molecule has 1 unspecified atom stereocenters. The van der Waals surface area contributed by atoms with Crippen molar-refractivity contribution in [2.75, 3.05) is 0 Å². The molecule has 0 radical (unpaired) electrons. The Morgan fingerprint density at radius 2 is 1.56 bits per heavy atom. The topological polar surface area (TPSA) is 56.2 Å². The van der Waals surface area contributed by atoms with E-state index in [0.29, 0.717) is 17.8 Å². The van der Waals surface area contributed by atoms with Crippen molar-refractivity contribution in [2.45, 2.75) is 116 Å². The van der Waals surface area contributed by atoms with E-state index in [1.54, 1.807) is 4.90 Å². The summed E-state index contributed by atoms with van der Waals surface area (Å²) in [6.07, 6.45) is 16.2. The van der Waals surface area contributed by atoms with Crippen LogP contribution < -0.4 is 5.32 Å². The molecule has 2 N–H and O–H groups in total. The van der Waals surface area contributed by atoms with Crippen molar-refractivity contribution in [2.24, 2.45) is 17.8 Å². The van der Waals surface area contributed by atoms with Crippen molar-refractivity contribution < 1.29 is 4.79 Å². The summed E-state index contributed by atoms with van der Waals surface area (Å²) in [4.78, 5) is 15.4. The Balaban J connectivity index is 1.76. The third-order valence-electron chi connectivity index (χ3n) is 7.66. The summed E-state index contributed by atoms with van der Waals surface area (Å²) < 4.78 is 0. The van der Waals surface area contributed by atoms with Crippen molar-refractivity contribution in [1.82, 2.24) is 10.2 Å². The minimum atomic E-state index is -0.514. The minimum absolute atomic E-state index is 0.0837. The minimum Gasteiger partial charge on any atom is -0.342 e. The van der Waals surface area contributed by atoms with Crippen molar-refractivity contribution >= 4 is 11.9 Å². The van der Waals surface area contributed by atoms with Gasteiger partial charge in [-0.15, -0.1) is 0 Å². The maximum Gasteiger partial charge on any atom is 0.255 e. The second-order valence-electron chi connectivity index (χ2n) is 9.97. The molecule has 0 aromatic heterocycles. The number of hydrogen-bond donors (Lipinski definition) is 2. The summed E-state index contributed by atoms with van der Waals surface area (Å²) in [5.74, 6) is 2.32. The molecule has 2 saturated carbocycles. The number of nitrogens with zero attached hydrogens (tertiary/aromatic N) is 1. The summed E-state index contributed by atoms with van der Waals surface area (Å²) >= 11 is 0. The van der Waals surface area contributed by atoms with Crippen molar-refractivity contribution in [3.8, 4) is 0 Å². The quantitative estimate of drug-likeness (QED) is 0.620. The number of hydrogen-bond acceptors (Lipinski definition) is 2. The predicted octanol–water partition coefficient (Wildman–Crippen LogP) is 5.47. The Labute approximate surface area is 166 Å². The van der Waals surface area contributed by atoms with Gasteiger partial charge in [-0.05, 0) is 43.9 Å². The average Bonchev–Trinajstić information content (AvgIpc) is 2.91. The molecule has 2 atom stereocenters. The van der Waals surface area contributed by atoms with Gasteiger partial charge in [0.1, 0.15) is 5.54 Å². The van der Waals surface area contributed by atoms with Gasteiger partial charge in [-0.25, -0.2) is 0 Å². The van der Waals surface area contributed by atoms with Crippen LogP contribution in [0.2, 0.25) is 0 Å². The molecule has 4 nitrogen and oxygen atoms in total. The molecule has 1 heterocycles. The van der Waals surface area contributed by atoms with Crippen LogP contribution in [0.4, 0.5) is 0 Å². The second kappa shape index (κ2) is 8.96. The summed E-state index contributed by atoms with van der Waals surface area (Å²) in [5, 5.41) is 12.0. The van der Waals surface area contributed by atoms with Gasteiger partial charge >= 0.3 is 0 Å². The van der Waals surface area contributed by atoms with Crippen molar-refractivity contribution in [1.29, 1.82) is 5.41 Å². The zero-order chi connectivity index (χ0) is 19.4. The van der Waals surface area contributed by atoms with Gasteiger partial charge in [0.15, 0.2) is 5.96 Å². The Morgan fingerprint density at radius 3 is 2.11 bits per heavy atom. The lowest BCUT2D eigenvalue weighted by atomic mass is 9.75. The van der Waals surface area contributed by atoms with E-state index in [9.17, 15) is 4.79 Å². The number of amides is 1. The van der Waals surface area contributed by atoms with Crippen LogP contribution in [0.3, 0.4) is 0 Å². The van der Waals surface area contributed by atoms with Gasteiger partial charge in [0.25, 0.3) is 5.91 Å². The summed E-state index contributed by atoms with van der Waals surface area (Å²) in [5.41, 5.74) is -0.514. The highest BCUT2D eigenvalue weighted by Gasteiger charge is 2.51. The van der Waals surface area contributed by atoms with Crippen LogP contribution >= 0.6 is 0 Å². The molecule has 3 rings (SSSR count). The molecule has 2 aliphatic carbocycles. The molecule has 154 valence electrons. The van der Waals surface area contributed by atoms with Crippen molar-refractivity contribution in [3.63, 3.8) is 0 Å². The zero-order valence-electron chi connectivity index (χ0n) is 17.9. The lowest BCUT2D eigenvalue weighted by Gasteiger charge is -2.35. The monoisotopic (exact) mass is 375 g/mol. The Morgan fingerprint density at radius 1 is 1.00 bits per heavy atom. The highest BCUT2D eigenvalue weighted by atomic mass is 16.2.